The van der Waals surface area contributed by atoms with Crippen LogP contribution in [0.25, 0.3) is 0 Å². The SMILES string of the molecule is CC(S)c1ccc(Cl)c(F)c1. The van der Waals surface area contributed by atoms with Gasteiger partial charge in [0.25, 0.3) is 0 Å². The van der Waals surface area contributed by atoms with Crippen LogP contribution in [-0.4, -0.2) is 0 Å². The minimum atomic E-state index is -0.384. The van der Waals surface area contributed by atoms with E-state index in [0.717, 1.165) is 5.56 Å². The minimum absolute atomic E-state index is 0.0433. The summed E-state index contributed by atoms with van der Waals surface area (Å²) in [7, 11) is 0. The Kier molecular flexibility index (Phi) is 2.79. The molecule has 1 aromatic rings. The van der Waals surface area contributed by atoms with E-state index >= 15 is 0 Å². The molecule has 0 fully saturated rings. The maximum Gasteiger partial charge on any atom is 0.142 e. The molecular formula is C8H8ClFS. The summed E-state index contributed by atoms with van der Waals surface area (Å²) in [6.07, 6.45) is 0. The van der Waals surface area contributed by atoms with Crippen molar-refractivity contribution in [2.24, 2.45) is 0 Å². The van der Waals surface area contributed by atoms with Crippen molar-refractivity contribution < 1.29 is 4.39 Å². The molecule has 1 unspecified atom stereocenters. The number of benzene rings is 1. The van der Waals surface area contributed by atoms with Crippen LogP contribution in [-0.2, 0) is 0 Å². The fourth-order valence-corrected chi connectivity index (χ4v) is 1.05. The van der Waals surface area contributed by atoms with E-state index in [0.29, 0.717) is 0 Å². The van der Waals surface area contributed by atoms with E-state index in [1.807, 2.05) is 6.92 Å². The van der Waals surface area contributed by atoms with Crippen molar-refractivity contribution in [1.29, 1.82) is 0 Å². The molecule has 0 saturated carbocycles. The van der Waals surface area contributed by atoms with Crippen LogP contribution >= 0.6 is 24.2 Å². The zero-order valence-corrected chi connectivity index (χ0v) is 7.66. The van der Waals surface area contributed by atoms with Gasteiger partial charge in [-0.25, -0.2) is 4.39 Å². The molecule has 0 aromatic heterocycles. The van der Waals surface area contributed by atoms with Gasteiger partial charge in [-0.15, -0.1) is 0 Å². The molecule has 0 heterocycles. The topological polar surface area (TPSA) is 0 Å². The van der Waals surface area contributed by atoms with Crippen LogP contribution < -0.4 is 0 Å². The normalized spacial score (nSPS) is 13.1. The molecular weight excluding hydrogens is 183 g/mol. The maximum absolute atomic E-state index is 12.8. The molecule has 1 rings (SSSR count). The first-order valence-corrected chi connectivity index (χ1v) is 4.13. The molecule has 0 amide bonds. The molecule has 0 N–H and O–H groups in total. The largest absolute Gasteiger partial charge is 0.205 e. The molecule has 11 heavy (non-hydrogen) atoms. The molecule has 0 aliphatic carbocycles. The summed E-state index contributed by atoms with van der Waals surface area (Å²) in [4.78, 5) is 0. The highest BCUT2D eigenvalue weighted by Crippen LogP contribution is 2.23. The fourth-order valence-electron chi connectivity index (χ4n) is 0.772. The highest BCUT2D eigenvalue weighted by molar-refractivity contribution is 7.80. The second-order valence-corrected chi connectivity index (χ2v) is 3.53. The molecule has 0 aliphatic rings. The van der Waals surface area contributed by atoms with Gasteiger partial charge in [-0.1, -0.05) is 17.7 Å². The predicted octanol–water partition coefficient (Wildman–Crippen LogP) is 3.47. The first-order chi connectivity index (χ1) is 5.11. The summed E-state index contributed by atoms with van der Waals surface area (Å²) >= 11 is 9.64. The van der Waals surface area contributed by atoms with Crippen molar-refractivity contribution in [3.63, 3.8) is 0 Å². The van der Waals surface area contributed by atoms with Gasteiger partial charge in [-0.2, -0.15) is 12.6 Å². The van der Waals surface area contributed by atoms with Gasteiger partial charge < -0.3 is 0 Å². The summed E-state index contributed by atoms with van der Waals surface area (Å²) in [5.41, 5.74) is 0.843. The lowest BCUT2D eigenvalue weighted by atomic mass is 10.2. The van der Waals surface area contributed by atoms with Gasteiger partial charge in [0.15, 0.2) is 0 Å². The van der Waals surface area contributed by atoms with Gasteiger partial charge in [0, 0.05) is 5.25 Å². The highest BCUT2D eigenvalue weighted by atomic mass is 35.5. The van der Waals surface area contributed by atoms with E-state index in [1.54, 1.807) is 12.1 Å². The standard InChI is InChI=1S/C8H8ClFS/c1-5(11)6-2-3-7(9)8(10)4-6/h2-5,11H,1H3. The van der Waals surface area contributed by atoms with Crippen molar-refractivity contribution >= 4 is 24.2 Å². The Hall–Kier alpha value is -0.210. The molecule has 0 nitrogen and oxygen atoms in total. The molecule has 0 saturated heterocycles. The van der Waals surface area contributed by atoms with Crippen LogP contribution in [0.4, 0.5) is 4.39 Å². The van der Waals surface area contributed by atoms with Crippen LogP contribution in [0.15, 0.2) is 18.2 Å². The van der Waals surface area contributed by atoms with Crippen LogP contribution in [0.1, 0.15) is 17.7 Å². The zero-order chi connectivity index (χ0) is 8.43. The number of thiol groups is 1. The Balaban J connectivity index is 3.05. The second-order valence-electron chi connectivity index (χ2n) is 2.35. The summed E-state index contributed by atoms with van der Waals surface area (Å²) in [5.74, 6) is -0.384. The number of halogens is 2. The number of rotatable bonds is 1. The Bertz CT molecular complexity index is 260. The third kappa shape index (κ3) is 2.11. The molecule has 60 valence electrons. The van der Waals surface area contributed by atoms with Gasteiger partial charge >= 0.3 is 0 Å². The van der Waals surface area contributed by atoms with Crippen molar-refractivity contribution in [2.45, 2.75) is 12.2 Å². The summed E-state index contributed by atoms with van der Waals surface area (Å²) < 4.78 is 12.8. The lowest BCUT2D eigenvalue weighted by Crippen LogP contribution is -1.86. The van der Waals surface area contributed by atoms with Gasteiger partial charge in [-0.05, 0) is 24.6 Å². The van der Waals surface area contributed by atoms with E-state index in [4.69, 9.17) is 11.6 Å². The molecule has 3 heteroatoms. The lowest BCUT2D eigenvalue weighted by molar-refractivity contribution is 0.626. The Morgan fingerprint density at radius 3 is 2.64 bits per heavy atom. The summed E-state index contributed by atoms with van der Waals surface area (Å²) in [6, 6.07) is 4.71. The van der Waals surface area contributed by atoms with E-state index in [-0.39, 0.29) is 16.1 Å². The molecule has 0 spiro atoms. The Morgan fingerprint density at radius 1 is 1.55 bits per heavy atom. The molecule has 0 bridgehead atoms. The first-order valence-electron chi connectivity index (χ1n) is 3.24. The van der Waals surface area contributed by atoms with Crippen molar-refractivity contribution in [3.8, 4) is 0 Å². The molecule has 0 aliphatic heterocycles. The van der Waals surface area contributed by atoms with Gasteiger partial charge in [0.1, 0.15) is 5.82 Å². The number of hydrogen-bond donors (Lipinski definition) is 1. The van der Waals surface area contributed by atoms with Crippen LogP contribution in [0, 0.1) is 5.82 Å². The van der Waals surface area contributed by atoms with Crippen molar-refractivity contribution in [3.05, 3.63) is 34.6 Å². The van der Waals surface area contributed by atoms with Crippen molar-refractivity contribution in [2.75, 3.05) is 0 Å². The summed E-state index contributed by atoms with van der Waals surface area (Å²) in [6.45, 7) is 1.88. The van der Waals surface area contributed by atoms with Crippen molar-refractivity contribution in [1.82, 2.24) is 0 Å². The zero-order valence-electron chi connectivity index (χ0n) is 6.01. The van der Waals surface area contributed by atoms with E-state index in [1.165, 1.54) is 6.07 Å². The van der Waals surface area contributed by atoms with E-state index in [9.17, 15) is 4.39 Å². The third-order valence-corrected chi connectivity index (χ3v) is 2.03. The lowest BCUT2D eigenvalue weighted by Gasteiger charge is -2.03. The van der Waals surface area contributed by atoms with Gasteiger partial charge in [-0.3, -0.25) is 0 Å². The van der Waals surface area contributed by atoms with Crippen LogP contribution in [0.3, 0.4) is 0 Å². The van der Waals surface area contributed by atoms with Crippen LogP contribution in [0.2, 0.25) is 5.02 Å². The van der Waals surface area contributed by atoms with E-state index in [2.05, 4.69) is 12.6 Å². The monoisotopic (exact) mass is 190 g/mol. The maximum atomic E-state index is 12.8. The van der Waals surface area contributed by atoms with Gasteiger partial charge in [0.05, 0.1) is 5.02 Å². The minimum Gasteiger partial charge on any atom is -0.205 e. The second kappa shape index (κ2) is 3.46. The Morgan fingerprint density at radius 2 is 2.18 bits per heavy atom. The van der Waals surface area contributed by atoms with Gasteiger partial charge in [0.2, 0.25) is 0 Å². The summed E-state index contributed by atoms with van der Waals surface area (Å²) in [5, 5.41) is 0.199. The van der Waals surface area contributed by atoms with E-state index < -0.39 is 0 Å². The fraction of sp³-hybridized carbons (Fsp3) is 0.250. The smallest absolute Gasteiger partial charge is 0.142 e. The average Bonchev–Trinajstić information content (AvgIpc) is 1.94. The third-order valence-electron chi connectivity index (χ3n) is 1.43. The number of hydrogen-bond acceptors (Lipinski definition) is 1. The Labute approximate surface area is 75.8 Å². The van der Waals surface area contributed by atoms with Crippen LogP contribution in [0.5, 0.6) is 0 Å². The molecule has 1 aromatic carbocycles. The first kappa shape index (κ1) is 8.88. The quantitative estimate of drug-likeness (QED) is 0.645. The average molecular weight is 191 g/mol. The highest BCUT2D eigenvalue weighted by Gasteiger charge is 2.03. The molecule has 1 atom stereocenters. The molecule has 0 radical (unpaired) electrons. The predicted molar refractivity (Wildman–Crippen MR) is 48.8 cm³/mol.